The largest absolute Gasteiger partial charge is 0.444 e. The van der Waals surface area contributed by atoms with Crippen LogP contribution in [0.1, 0.15) is 65.8 Å². The number of piperazine rings is 1. The molecule has 0 spiro atoms. The smallest absolute Gasteiger partial charge is 0.410 e. The van der Waals surface area contributed by atoms with Gasteiger partial charge >= 0.3 is 6.09 Å². The van der Waals surface area contributed by atoms with Gasteiger partial charge in [-0.1, -0.05) is 13.0 Å². The molecule has 4 rings (SSSR count). The molecule has 0 unspecified atom stereocenters. The van der Waals surface area contributed by atoms with Crippen LogP contribution in [0.2, 0.25) is 0 Å². The molecule has 0 aliphatic carbocycles. The van der Waals surface area contributed by atoms with Crippen LogP contribution in [0.5, 0.6) is 0 Å². The summed E-state index contributed by atoms with van der Waals surface area (Å²) in [6, 6.07) is 3.55. The quantitative estimate of drug-likeness (QED) is 0.656. The Bertz CT molecular complexity index is 1130. The summed E-state index contributed by atoms with van der Waals surface area (Å²) in [5.41, 5.74) is 0.891. The minimum absolute atomic E-state index is 0.0667. The number of hydrogen-bond acceptors (Lipinski definition) is 6. The zero-order valence-corrected chi connectivity index (χ0v) is 23.5. The van der Waals surface area contributed by atoms with Crippen molar-refractivity contribution in [3.8, 4) is 0 Å². The van der Waals surface area contributed by atoms with E-state index in [9.17, 15) is 9.59 Å². The fourth-order valence-electron chi connectivity index (χ4n) is 5.34. The minimum atomic E-state index is -0.722. The summed E-state index contributed by atoms with van der Waals surface area (Å²) >= 11 is 0. The topological polar surface area (TPSA) is 88.4 Å². The normalized spacial score (nSPS) is 21.2. The van der Waals surface area contributed by atoms with Crippen molar-refractivity contribution in [2.45, 2.75) is 78.5 Å². The lowest BCUT2D eigenvalue weighted by molar-refractivity contribution is -0.132. The van der Waals surface area contributed by atoms with Gasteiger partial charge in [0.2, 0.25) is 5.91 Å². The highest BCUT2D eigenvalue weighted by molar-refractivity contribution is 5.84. The van der Waals surface area contributed by atoms with Crippen LogP contribution in [-0.2, 0) is 19.8 Å². The molecule has 2 amide bonds. The third-order valence-electron chi connectivity index (χ3n) is 7.51. The summed E-state index contributed by atoms with van der Waals surface area (Å²) in [6.45, 7) is 17.5. The van der Waals surface area contributed by atoms with Crippen molar-refractivity contribution in [2.75, 3.05) is 39.4 Å². The van der Waals surface area contributed by atoms with Crippen LogP contribution in [-0.4, -0.2) is 82.2 Å². The standard InChI is InChI=1S/C28H43N5O4/c1-20-9-8-12-33-21(20)17-29-24(33)27(5,6)30-23(34)22-18-31(25(35)37-26(2,3)4)13-14-32(22)19-28(7)10-15-36-16-11-28/h8-9,12,17,22H,10-11,13-16,18-19H2,1-7H3,(H,30,34)/t22-/m0/s1. The van der Waals surface area contributed by atoms with Gasteiger partial charge in [-0.3, -0.25) is 9.69 Å². The lowest BCUT2D eigenvalue weighted by Crippen LogP contribution is -2.63. The fraction of sp³-hybridized carbons (Fsp3) is 0.679. The minimum Gasteiger partial charge on any atom is -0.444 e. The number of carbonyl (C=O) groups is 2. The molecule has 2 aromatic rings. The Morgan fingerprint density at radius 1 is 1.19 bits per heavy atom. The van der Waals surface area contributed by atoms with E-state index in [2.05, 4.69) is 35.1 Å². The van der Waals surface area contributed by atoms with Crippen LogP contribution in [0.25, 0.3) is 5.52 Å². The van der Waals surface area contributed by atoms with E-state index in [1.54, 1.807) is 4.90 Å². The average Bonchev–Trinajstić information content (AvgIpc) is 3.25. The molecule has 2 fully saturated rings. The molecule has 2 saturated heterocycles. The molecule has 204 valence electrons. The Kier molecular flexibility index (Phi) is 7.59. The molecule has 1 N–H and O–H groups in total. The van der Waals surface area contributed by atoms with E-state index in [4.69, 9.17) is 9.47 Å². The van der Waals surface area contributed by atoms with E-state index in [-0.39, 0.29) is 24.0 Å². The van der Waals surface area contributed by atoms with Gasteiger partial charge < -0.3 is 24.1 Å². The number of pyridine rings is 1. The molecule has 9 nitrogen and oxygen atoms in total. The molecule has 4 heterocycles. The van der Waals surface area contributed by atoms with Gasteiger partial charge in [-0.15, -0.1) is 0 Å². The molecule has 0 saturated carbocycles. The molecule has 2 aliphatic rings. The number of aryl methyl sites for hydroxylation is 1. The Morgan fingerprint density at radius 2 is 1.89 bits per heavy atom. The van der Waals surface area contributed by atoms with Crippen molar-refractivity contribution in [2.24, 2.45) is 5.41 Å². The third-order valence-corrected chi connectivity index (χ3v) is 7.51. The lowest BCUT2D eigenvalue weighted by Gasteiger charge is -2.46. The predicted octanol–water partition coefficient (Wildman–Crippen LogP) is 3.73. The van der Waals surface area contributed by atoms with E-state index in [1.807, 2.05) is 57.5 Å². The summed E-state index contributed by atoms with van der Waals surface area (Å²) in [6.07, 6.45) is 5.36. The van der Waals surface area contributed by atoms with Crippen molar-refractivity contribution in [3.05, 3.63) is 35.9 Å². The van der Waals surface area contributed by atoms with Gasteiger partial charge in [0.25, 0.3) is 0 Å². The lowest BCUT2D eigenvalue weighted by atomic mass is 9.81. The molecule has 0 aromatic carbocycles. The van der Waals surface area contributed by atoms with Gasteiger partial charge in [0.05, 0.1) is 17.3 Å². The Hall–Kier alpha value is -2.65. The Morgan fingerprint density at radius 3 is 2.57 bits per heavy atom. The second kappa shape index (κ2) is 10.3. The molecular weight excluding hydrogens is 470 g/mol. The van der Waals surface area contributed by atoms with Crippen LogP contribution in [0.4, 0.5) is 4.79 Å². The molecular formula is C28H43N5O4. The average molecular weight is 514 g/mol. The van der Waals surface area contributed by atoms with Crippen molar-refractivity contribution in [1.29, 1.82) is 0 Å². The van der Waals surface area contributed by atoms with Crippen LogP contribution in [0.15, 0.2) is 24.5 Å². The number of hydrogen-bond donors (Lipinski definition) is 1. The van der Waals surface area contributed by atoms with Gasteiger partial charge in [-0.2, -0.15) is 0 Å². The first kappa shape index (κ1) is 27.4. The molecule has 9 heteroatoms. The molecule has 2 aromatic heterocycles. The number of imidazole rings is 1. The predicted molar refractivity (Wildman–Crippen MR) is 142 cm³/mol. The number of fused-ring (bicyclic) bond motifs is 1. The van der Waals surface area contributed by atoms with E-state index >= 15 is 0 Å². The van der Waals surface area contributed by atoms with Gasteiger partial charge in [-0.05, 0) is 71.4 Å². The number of carbonyl (C=O) groups excluding carboxylic acids is 2. The second-order valence-corrected chi connectivity index (χ2v) is 12.5. The van der Waals surface area contributed by atoms with Gasteiger partial charge in [0, 0.05) is 45.6 Å². The van der Waals surface area contributed by atoms with E-state index in [0.29, 0.717) is 13.1 Å². The van der Waals surface area contributed by atoms with E-state index < -0.39 is 17.2 Å². The summed E-state index contributed by atoms with van der Waals surface area (Å²) in [5.74, 6) is 0.653. The summed E-state index contributed by atoms with van der Waals surface area (Å²) in [4.78, 5) is 35.4. The van der Waals surface area contributed by atoms with E-state index in [0.717, 1.165) is 49.5 Å². The van der Waals surface area contributed by atoms with Crippen LogP contribution in [0.3, 0.4) is 0 Å². The number of ether oxygens (including phenoxy) is 2. The Balaban J connectivity index is 1.57. The maximum atomic E-state index is 13.9. The summed E-state index contributed by atoms with van der Waals surface area (Å²) in [7, 11) is 0. The number of rotatable bonds is 5. The number of amides is 2. The number of nitrogens with zero attached hydrogens (tertiary/aromatic N) is 4. The first-order chi connectivity index (χ1) is 17.3. The van der Waals surface area contributed by atoms with E-state index in [1.165, 1.54) is 0 Å². The molecule has 2 aliphatic heterocycles. The molecule has 1 atom stereocenters. The first-order valence-corrected chi connectivity index (χ1v) is 13.3. The monoisotopic (exact) mass is 513 g/mol. The van der Waals surface area contributed by atoms with Crippen molar-refractivity contribution in [1.82, 2.24) is 24.5 Å². The highest BCUT2D eigenvalue weighted by Gasteiger charge is 2.41. The van der Waals surface area contributed by atoms with Crippen molar-refractivity contribution >= 4 is 17.5 Å². The highest BCUT2D eigenvalue weighted by atomic mass is 16.6. The fourth-order valence-corrected chi connectivity index (χ4v) is 5.34. The maximum Gasteiger partial charge on any atom is 0.410 e. The molecule has 37 heavy (non-hydrogen) atoms. The summed E-state index contributed by atoms with van der Waals surface area (Å²) < 4.78 is 13.3. The maximum absolute atomic E-state index is 13.9. The third kappa shape index (κ3) is 6.26. The first-order valence-electron chi connectivity index (χ1n) is 13.3. The van der Waals surface area contributed by atoms with Crippen molar-refractivity contribution < 1.29 is 19.1 Å². The zero-order valence-electron chi connectivity index (χ0n) is 23.5. The highest BCUT2D eigenvalue weighted by Crippen LogP contribution is 2.32. The number of aromatic nitrogens is 2. The summed E-state index contributed by atoms with van der Waals surface area (Å²) in [5, 5.41) is 3.26. The Labute approximate surface area is 220 Å². The number of nitrogens with one attached hydrogen (secondary N) is 1. The SMILES string of the molecule is Cc1cccn2c(C(C)(C)NC(=O)[C@@H]3CN(C(=O)OC(C)(C)C)CCN3CC3(C)CCOCC3)ncc12. The van der Waals surface area contributed by atoms with Gasteiger partial charge in [-0.25, -0.2) is 9.78 Å². The molecule has 0 bridgehead atoms. The zero-order chi connectivity index (χ0) is 27.0. The molecule has 0 radical (unpaired) electrons. The second-order valence-electron chi connectivity index (χ2n) is 12.5. The van der Waals surface area contributed by atoms with Gasteiger partial charge in [0.15, 0.2) is 0 Å². The van der Waals surface area contributed by atoms with Gasteiger partial charge in [0.1, 0.15) is 17.5 Å². The van der Waals surface area contributed by atoms with Crippen LogP contribution >= 0.6 is 0 Å². The van der Waals surface area contributed by atoms with Crippen molar-refractivity contribution in [3.63, 3.8) is 0 Å². The van der Waals surface area contributed by atoms with Crippen LogP contribution in [0, 0.1) is 12.3 Å². The van der Waals surface area contributed by atoms with Crippen LogP contribution < -0.4 is 5.32 Å².